The van der Waals surface area contributed by atoms with Crippen molar-refractivity contribution < 1.29 is 38.0 Å². The first-order chi connectivity index (χ1) is 22.4. The van der Waals surface area contributed by atoms with E-state index in [-0.39, 0.29) is 34.5 Å². The summed E-state index contributed by atoms with van der Waals surface area (Å²) in [5, 5.41) is 20.3. The number of nitrogens with zero attached hydrogens (tertiary/aromatic N) is 3. The number of carbonyl (C=O) groups excluding carboxylic acids is 2. The predicted molar refractivity (Wildman–Crippen MR) is 171 cm³/mol. The number of fused-ring (bicyclic) bond motifs is 1. The Morgan fingerprint density at radius 2 is 1.85 bits per heavy atom. The number of aromatic nitrogens is 2. The molecule has 2 aliphatic heterocycles. The van der Waals surface area contributed by atoms with Gasteiger partial charge in [-0.15, -0.1) is 10.2 Å². The lowest BCUT2D eigenvalue weighted by Crippen LogP contribution is -2.29. The van der Waals surface area contributed by atoms with Crippen LogP contribution in [0.25, 0.3) is 5.76 Å². The van der Waals surface area contributed by atoms with Gasteiger partial charge in [-0.1, -0.05) is 54.0 Å². The number of carbonyl (C=O) groups is 2. The minimum absolute atomic E-state index is 0.139. The van der Waals surface area contributed by atoms with Gasteiger partial charge in [0, 0.05) is 11.3 Å². The van der Waals surface area contributed by atoms with Crippen molar-refractivity contribution >= 4 is 45.7 Å². The zero-order valence-corrected chi connectivity index (χ0v) is 26.2. The summed E-state index contributed by atoms with van der Waals surface area (Å²) >= 11 is 2.49. The van der Waals surface area contributed by atoms with Gasteiger partial charge in [0.1, 0.15) is 31.4 Å². The lowest BCUT2D eigenvalue weighted by Gasteiger charge is -2.24. The lowest BCUT2D eigenvalue weighted by molar-refractivity contribution is -0.132. The van der Waals surface area contributed by atoms with E-state index in [0.717, 1.165) is 16.9 Å². The molecular formula is C33H28FN3O7S2. The van der Waals surface area contributed by atoms with E-state index in [9.17, 15) is 19.1 Å². The molecule has 13 heteroatoms. The van der Waals surface area contributed by atoms with Crippen LogP contribution < -0.4 is 23.8 Å². The Bertz CT molecular complexity index is 1830. The third kappa shape index (κ3) is 6.28. The maximum atomic E-state index is 13.7. The first-order valence-electron chi connectivity index (χ1n) is 14.3. The number of anilines is 1. The molecule has 1 amide bonds. The molecule has 1 N–H and O–H groups in total. The summed E-state index contributed by atoms with van der Waals surface area (Å²) in [5.41, 5.74) is 1.49. The quantitative estimate of drug-likeness (QED) is 0.0488. The van der Waals surface area contributed by atoms with Gasteiger partial charge >= 0.3 is 5.91 Å². The highest BCUT2D eigenvalue weighted by Gasteiger charge is 2.48. The first kappa shape index (κ1) is 31.1. The Morgan fingerprint density at radius 3 is 2.61 bits per heavy atom. The average Bonchev–Trinajstić information content (AvgIpc) is 3.65. The summed E-state index contributed by atoms with van der Waals surface area (Å²) in [7, 11) is 0. The van der Waals surface area contributed by atoms with Gasteiger partial charge in [0.2, 0.25) is 5.13 Å². The molecule has 1 aromatic heterocycles. The van der Waals surface area contributed by atoms with Crippen LogP contribution in [0.15, 0.2) is 83.2 Å². The number of Topliss-reactive ketones (excluding diaryl/α,β-unsaturated/α-hetero) is 1. The lowest BCUT2D eigenvalue weighted by atomic mass is 9.95. The number of hydrogen-bond acceptors (Lipinski definition) is 11. The van der Waals surface area contributed by atoms with Crippen molar-refractivity contribution in [3.05, 3.63) is 101 Å². The number of ether oxygens (including phenoxy) is 4. The maximum Gasteiger partial charge on any atom is 0.301 e. The summed E-state index contributed by atoms with van der Waals surface area (Å²) in [6, 6.07) is 14.9. The maximum absolute atomic E-state index is 13.7. The molecule has 2 aliphatic rings. The van der Waals surface area contributed by atoms with E-state index in [2.05, 4.69) is 16.8 Å². The zero-order chi connectivity index (χ0) is 32.2. The number of hydrogen-bond donors (Lipinski definition) is 1. The van der Waals surface area contributed by atoms with Crippen molar-refractivity contribution in [3.63, 3.8) is 0 Å². The van der Waals surface area contributed by atoms with Crippen LogP contribution in [-0.4, -0.2) is 53.4 Å². The van der Waals surface area contributed by atoms with Gasteiger partial charge in [0.25, 0.3) is 5.78 Å². The molecular weight excluding hydrogens is 634 g/mol. The Labute approximate surface area is 272 Å². The smallest absolute Gasteiger partial charge is 0.301 e. The Hall–Kier alpha value is -4.88. The number of aliphatic hydroxyl groups excluding tert-OH is 1. The van der Waals surface area contributed by atoms with Crippen LogP contribution in [0.1, 0.15) is 29.7 Å². The second-order valence-corrected chi connectivity index (χ2v) is 12.2. The molecule has 0 spiro atoms. The summed E-state index contributed by atoms with van der Waals surface area (Å²) in [6.45, 7) is 6.81. The minimum atomic E-state index is -1.08. The van der Waals surface area contributed by atoms with Crippen LogP contribution in [0.3, 0.4) is 0 Å². The minimum Gasteiger partial charge on any atom is -0.507 e. The highest BCUT2D eigenvalue weighted by molar-refractivity contribution is 8.00. The molecule has 3 heterocycles. The number of thioether (sulfide) groups is 1. The molecule has 0 saturated carbocycles. The highest BCUT2D eigenvalue weighted by atomic mass is 32.2. The molecule has 0 bridgehead atoms. The summed E-state index contributed by atoms with van der Waals surface area (Å²) < 4.78 is 36.8. The number of halogens is 1. The van der Waals surface area contributed by atoms with Crippen LogP contribution in [0.4, 0.5) is 9.52 Å². The fourth-order valence-electron chi connectivity index (χ4n) is 5.01. The van der Waals surface area contributed by atoms with Gasteiger partial charge in [-0.25, -0.2) is 4.39 Å². The zero-order valence-electron chi connectivity index (χ0n) is 24.6. The van der Waals surface area contributed by atoms with E-state index < -0.39 is 17.7 Å². The fourth-order valence-corrected chi connectivity index (χ4v) is 6.83. The van der Waals surface area contributed by atoms with Crippen molar-refractivity contribution in [1.29, 1.82) is 0 Å². The highest BCUT2D eigenvalue weighted by Crippen LogP contribution is 2.46. The van der Waals surface area contributed by atoms with Crippen molar-refractivity contribution in [2.45, 2.75) is 23.1 Å². The topological polar surface area (TPSA) is 120 Å². The standard InChI is InChI=1S/C33H28FN3O7S2/c1-3-13-42-23-11-7-20(16-25(23)41-4-2)28-27(29(38)21-8-12-24-26(17-21)44-15-14-43-24)30(39)31(40)37(28)32-35-36-33(46-32)45-18-19-5-9-22(34)10-6-19/h3,5-12,16-17,28,38H,1,4,13-15,18H2,2H3/b29-27+. The van der Waals surface area contributed by atoms with E-state index in [1.165, 1.54) is 28.8 Å². The van der Waals surface area contributed by atoms with Gasteiger partial charge in [-0.3, -0.25) is 14.5 Å². The van der Waals surface area contributed by atoms with Crippen LogP contribution in [0.2, 0.25) is 0 Å². The molecule has 0 aliphatic carbocycles. The molecule has 1 atom stereocenters. The second kappa shape index (κ2) is 13.6. The molecule has 46 heavy (non-hydrogen) atoms. The van der Waals surface area contributed by atoms with Gasteiger partial charge in [-0.05, 0) is 60.5 Å². The second-order valence-electron chi connectivity index (χ2n) is 10.0. The Morgan fingerprint density at radius 1 is 1.07 bits per heavy atom. The van der Waals surface area contributed by atoms with Crippen molar-refractivity contribution in [2.75, 3.05) is 31.3 Å². The third-order valence-electron chi connectivity index (χ3n) is 7.08. The van der Waals surface area contributed by atoms with E-state index in [1.807, 2.05) is 6.92 Å². The van der Waals surface area contributed by atoms with Gasteiger partial charge in [0.15, 0.2) is 27.3 Å². The molecule has 1 fully saturated rings. The molecule has 0 radical (unpaired) electrons. The van der Waals surface area contributed by atoms with Gasteiger partial charge in [-0.2, -0.15) is 0 Å². The monoisotopic (exact) mass is 661 g/mol. The van der Waals surface area contributed by atoms with Crippen LogP contribution in [-0.2, 0) is 15.3 Å². The van der Waals surface area contributed by atoms with Crippen LogP contribution >= 0.6 is 23.1 Å². The van der Waals surface area contributed by atoms with Gasteiger partial charge < -0.3 is 24.1 Å². The van der Waals surface area contributed by atoms with E-state index in [0.29, 0.717) is 58.5 Å². The Kier molecular flexibility index (Phi) is 9.22. The SMILES string of the molecule is C=CCOc1ccc(C2/C(=C(\O)c3ccc4c(c3)OCCO4)C(=O)C(=O)N2c2nnc(SCc3ccc(F)cc3)s2)cc1OCC. The van der Waals surface area contributed by atoms with Gasteiger partial charge in [0.05, 0.1) is 18.2 Å². The van der Waals surface area contributed by atoms with Crippen molar-refractivity contribution in [3.8, 4) is 23.0 Å². The summed E-state index contributed by atoms with van der Waals surface area (Å²) in [6.07, 6.45) is 1.60. The molecule has 236 valence electrons. The summed E-state index contributed by atoms with van der Waals surface area (Å²) in [5.74, 6) is -0.228. The molecule has 1 saturated heterocycles. The number of rotatable bonds is 11. The van der Waals surface area contributed by atoms with Crippen LogP contribution in [0, 0.1) is 5.82 Å². The molecule has 6 rings (SSSR count). The normalized spacial score (nSPS) is 16.8. The van der Waals surface area contributed by atoms with E-state index in [4.69, 9.17) is 18.9 Å². The predicted octanol–water partition coefficient (Wildman–Crippen LogP) is 6.33. The number of ketones is 1. The van der Waals surface area contributed by atoms with Crippen molar-refractivity contribution in [2.24, 2.45) is 0 Å². The largest absolute Gasteiger partial charge is 0.507 e. The Balaban J connectivity index is 1.42. The molecule has 4 aromatic rings. The first-order valence-corrected chi connectivity index (χ1v) is 16.1. The van der Waals surface area contributed by atoms with Crippen LogP contribution in [0.5, 0.6) is 23.0 Å². The van der Waals surface area contributed by atoms with E-state index in [1.54, 1.807) is 54.6 Å². The molecule has 10 nitrogen and oxygen atoms in total. The fraction of sp³-hybridized carbons (Fsp3) is 0.212. The number of amides is 1. The molecule has 1 unspecified atom stereocenters. The van der Waals surface area contributed by atoms with Crippen molar-refractivity contribution in [1.82, 2.24) is 10.2 Å². The number of benzene rings is 3. The third-order valence-corrected chi connectivity index (χ3v) is 9.20. The average molecular weight is 662 g/mol. The summed E-state index contributed by atoms with van der Waals surface area (Å²) in [4.78, 5) is 28.7. The molecule has 3 aromatic carbocycles. The van der Waals surface area contributed by atoms with E-state index >= 15 is 0 Å². The number of aliphatic hydroxyl groups is 1.